The summed E-state index contributed by atoms with van der Waals surface area (Å²) in [5.41, 5.74) is 1.26. The summed E-state index contributed by atoms with van der Waals surface area (Å²) >= 11 is 7.60. The van der Waals surface area contributed by atoms with Gasteiger partial charge in [-0.2, -0.15) is 26.3 Å². The van der Waals surface area contributed by atoms with Crippen molar-refractivity contribution in [2.75, 3.05) is 12.0 Å². The number of ether oxygens (including phenoxy) is 1. The predicted molar refractivity (Wildman–Crippen MR) is 74.9 cm³/mol. The third kappa shape index (κ3) is 2.96. The van der Waals surface area contributed by atoms with E-state index >= 15 is 0 Å². The lowest BCUT2D eigenvalue weighted by Crippen LogP contribution is -2.27. The van der Waals surface area contributed by atoms with E-state index in [2.05, 4.69) is 36.7 Å². The van der Waals surface area contributed by atoms with Crippen LogP contribution in [0.2, 0.25) is 5.28 Å². The van der Waals surface area contributed by atoms with Crippen LogP contribution in [0, 0.1) is 0 Å². The van der Waals surface area contributed by atoms with E-state index in [1.807, 2.05) is 0 Å². The van der Waals surface area contributed by atoms with Gasteiger partial charge in [0.15, 0.2) is 0 Å². The van der Waals surface area contributed by atoms with Gasteiger partial charge in [0, 0.05) is 12.6 Å². The molecule has 0 radical (unpaired) electrons. The minimum absolute atomic E-state index is 0.165. The summed E-state index contributed by atoms with van der Waals surface area (Å²) in [6, 6.07) is 2.86. The minimum Gasteiger partial charge on any atom is -0.467 e. The largest absolute Gasteiger partial charge is 0.467 e. The molecule has 0 atom stereocenters. The molecule has 5 nitrogen and oxygen atoms in total. The summed E-state index contributed by atoms with van der Waals surface area (Å²) in [5.74, 6) is 0.588. The van der Waals surface area contributed by atoms with Gasteiger partial charge in [-0.25, -0.2) is 0 Å². The van der Waals surface area contributed by atoms with Gasteiger partial charge in [0.1, 0.15) is 0 Å². The van der Waals surface area contributed by atoms with Crippen LogP contribution in [0.3, 0.4) is 0 Å². The van der Waals surface area contributed by atoms with E-state index in [4.69, 9.17) is 16.3 Å². The molecule has 0 unspecified atom stereocenters. The van der Waals surface area contributed by atoms with E-state index in [0.29, 0.717) is 12.0 Å². The molecule has 0 spiro atoms. The van der Waals surface area contributed by atoms with Crippen molar-refractivity contribution in [2.24, 2.45) is 0 Å². The first kappa shape index (κ1) is 12.6. The summed E-state index contributed by atoms with van der Waals surface area (Å²) in [7, 11) is 1.52. The van der Waals surface area contributed by atoms with Crippen molar-refractivity contribution in [3.63, 3.8) is 0 Å². The van der Waals surface area contributed by atoms with Crippen molar-refractivity contribution >= 4 is 28.9 Å². The molecule has 7 heteroatoms. The zero-order chi connectivity index (χ0) is 13.2. The second kappa shape index (κ2) is 5.30. The molecular weight excluding hydrogens is 284 g/mol. The van der Waals surface area contributed by atoms with Gasteiger partial charge in [0.05, 0.1) is 7.11 Å². The smallest absolute Gasteiger partial charge is 0.322 e. The molecule has 0 N–H and O–H groups in total. The van der Waals surface area contributed by atoms with Crippen molar-refractivity contribution in [3.8, 4) is 6.01 Å². The summed E-state index contributed by atoms with van der Waals surface area (Å²) in [6.45, 7) is 0.789. The minimum atomic E-state index is 0.165. The van der Waals surface area contributed by atoms with Crippen molar-refractivity contribution < 1.29 is 4.74 Å². The van der Waals surface area contributed by atoms with Gasteiger partial charge < -0.3 is 9.64 Å². The number of hydrogen-bond donors (Lipinski definition) is 0. The first-order chi connectivity index (χ1) is 9.26. The SMILES string of the molecule is COc1nc(Cl)nc(N(Cc2ccsc2)C2CC2)n1. The summed E-state index contributed by atoms with van der Waals surface area (Å²) in [6.07, 6.45) is 2.32. The maximum Gasteiger partial charge on any atom is 0.322 e. The molecule has 1 saturated carbocycles. The van der Waals surface area contributed by atoms with Crippen LogP contribution in [0.1, 0.15) is 18.4 Å². The standard InChI is InChI=1S/C12H13ClN4OS/c1-18-12-15-10(13)14-11(16-12)17(9-2-3-9)6-8-4-5-19-7-8/h4-5,7,9H,2-3,6H2,1H3. The van der Waals surface area contributed by atoms with Crippen molar-refractivity contribution in [1.29, 1.82) is 0 Å². The Labute approximate surface area is 120 Å². The zero-order valence-corrected chi connectivity index (χ0v) is 12.0. The average Bonchev–Trinajstić information content (AvgIpc) is 3.12. The molecular formula is C12H13ClN4OS. The Morgan fingerprint density at radius 2 is 2.26 bits per heavy atom. The lowest BCUT2D eigenvalue weighted by Gasteiger charge is -2.21. The molecule has 1 aliphatic carbocycles. The highest BCUT2D eigenvalue weighted by Crippen LogP contribution is 2.32. The van der Waals surface area contributed by atoms with Crippen molar-refractivity contribution in [3.05, 3.63) is 27.7 Å². The number of anilines is 1. The Morgan fingerprint density at radius 1 is 1.42 bits per heavy atom. The fraction of sp³-hybridized carbons (Fsp3) is 0.417. The number of methoxy groups -OCH3 is 1. The molecule has 2 aromatic heterocycles. The molecule has 1 fully saturated rings. The van der Waals surface area contributed by atoms with Gasteiger partial charge in [-0.3, -0.25) is 0 Å². The van der Waals surface area contributed by atoms with E-state index in [9.17, 15) is 0 Å². The lowest BCUT2D eigenvalue weighted by molar-refractivity contribution is 0.377. The highest BCUT2D eigenvalue weighted by atomic mass is 35.5. The second-order valence-corrected chi connectivity index (χ2v) is 5.50. The van der Waals surface area contributed by atoms with E-state index in [1.165, 1.54) is 12.7 Å². The van der Waals surface area contributed by atoms with E-state index < -0.39 is 0 Å². The van der Waals surface area contributed by atoms with Crippen LogP contribution in [-0.4, -0.2) is 28.1 Å². The van der Waals surface area contributed by atoms with Crippen LogP contribution < -0.4 is 9.64 Å². The molecule has 3 rings (SSSR count). The predicted octanol–water partition coefficient (Wildman–Crippen LogP) is 2.76. The van der Waals surface area contributed by atoms with Gasteiger partial charge in [0.25, 0.3) is 0 Å². The molecule has 1 aliphatic rings. The van der Waals surface area contributed by atoms with Crippen molar-refractivity contribution in [2.45, 2.75) is 25.4 Å². The highest BCUT2D eigenvalue weighted by Gasteiger charge is 2.31. The monoisotopic (exact) mass is 296 g/mol. The lowest BCUT2D eigenvalue weighted by atomic mass is 10.3. The molecule has 2 aromatic rings. The van der Waals surface area contributed by atoms with Gasteiger partial charge >= 0.3 is 6.01 Å². The van der Waals surface area contributed by atoms with Gasteiger partial charge in [0.2, 0.25) is 11.2 Å². The molecule has 0 bridgehead atoms. The Bertz CT molecular complexity index is 559. The first-order valence-corrected chi connectivity index (χ1v) is 7.31. The van der Waals surface area contributed by atoms with Crippen LogP contribution in [-0.2, 0) is 6.54 Å². The number of aromatic nitrogens is 3. The normalized spacial score (nSPS) is 14.4. The summed E-state index contributed by atoms with van der Waals surface area (Å²) in [4.78, 5) is 14.6. The van der Waals surface area contributed by atoms with Gasteiger partial charge in [-0.1, -0.05) is 0 Å². The Hall–Kier alpha value is -1.40. The quantitative estimate of drug-likeness (QED) is 0.849. The fourth-order valence-electron chi connectivity index (χ4n) is 1.87. The number of halogens is 1. The zero-order valence-electron chi connectivity index (χ0n) is 10.4. The third-order valence-corrected chi connectivity index (χ3v) is 3.84. The molecule has 0 amide bonds. The maximum absolute atomic E-state index is 5.91. The van der Waals surface area contributed by atoms with Crippen LogP contribution >= 0.6 is 22.9 Å². The molecule has 0 aliphatic heterocycles. The molecule has 100 valence electrons. The Balaban J connectivity index is 1.89. The molecule has 2 heterocycles. The van der Waals surface area contributed by atoms with Crippen LogP contribution in [0.5, 0.6) is 6.01 Å². The number of hydrogen-bond acceptors (Lipinski definition) is 6. The van der Waals surface area contributed by atoms with E-state index in [0.717, 1.165) is 19.4 Å². The topological polar surface area (TPSA) is 51.1 Å². The highest BCUT2D eigenvalue weighted by molar-refractivity contribution is 7.07. The number of rotatable bonds is 5. The summed E-state index contributed by atoms with van der Waals surface area (Å²) < 4.78 is 5.05. The molecule has 19 heavy (non-hydrogen) atoms. The van der Waals surface area contributed by atoms with Crippen LogP contribution in [0.25, 0.3) is 0 Å². The number of thiophene rings is 1. The van der Waals surface area contributed by atoms with Gasteiger partial charge in [-0.05, 0) is 46.8 Å². The third-order valence-electron chi connectivity index (χ3n) is 2.94. The first-order valence-electron chi connectivity index (χ1n) is 5.99. The second-order valence-electron chi connectivity index (χ2n) is 4.38. The number of nitrogens with zero attached hydrogens (tertiary/aromatic N) is 4. The van der Waals surface area contributed by atoms with E-state index in [-0.39, 0.29) is 11.3 Å². The Kier molecular flexibility index (Phi) is 3.52. The Morgan fingerprint density at radius 3 is 2.89 bits per heavy atom. The van der Waals surface area contributed by atoms with Gasteiger partial charge in [-0.15, -0.1) is 0 Å². The van der Waals surface area contributed by atoms with Crippen LogP contribution in [0.4, 0.5) is 5.95 Å². The van der Waals surface area contributed by atoms with Crippen LogP contribution in [0.15, 0.2) is 16.8 Å². The van der Waals surface area contributed by atoms with E-state index in [1.54, 1.807) is 11.3 Å². The fourth-order valence-corrected chi connectivity index (χ4v) is 2.68. The average molecular weight is 297 g/mol. The molecule has 0 saturated heterocycles. The van der Waals surface area contributed by atoms with Crippen molar-refractivity contribution in [1.82, 2.24) is 15.0 Å². The maximum atomic E-state index is 5.91. The molecule has 0 aromatic carbocycles. The summed E-state index contributed by atoms with van der Waals surface area (Å²) in [5, 5.41) is 4.37.